The number of fused-ring (bicyclic) bond motifs is 1. The number of carbonyl (C=O) groups is 1. The predicted molar refractivity (Wildman–Crippen MR) is 123 cm³/mol. The molecule has 0 spiro atoms. The van der Waals surface area contributed by atoms with Crippen molar-refractivity contribution in [1.29, 1.82) is 0 Å². The van der Waals surface area contributed by atoms with Crippen molar-refractivity contribution in [2.75, 3.05) is 45.4 Å². The van der Waals surface area contributed by atoms with Crippen molar-refractivity contribution in [1.82, 2.24) is 29.7 Å². The molecule has 5 rings (SSSR count). The zero-order valence-corrected chi connectivity index (χ0v) is 18.8. The summed E-state index contributed by atoms with van der Waals surface area (Å²) in [6, 6.07) is 12.1. The van der Waals surface area contributed by atoms with E-state index in [0.717, 1.165) is 17.1 Å². The number of rotatable bonds is 5. The Morgan fingerprint density at radius 1 is 1.15 bits per heavy atom. The van der Waals surface area contributed by atoms with Crippen molar-refractivity contribution >= 4 is 17.4 Å². The largest absolute Gasteiger partial charge is 0.491 e. The summed E-state index contributed by atoms with van der Waals surface area (Å²) < 4.78 is 14.5. The smallest absolute Gasteiger partial charge is 0.275 e. The van der Waals surface area contributed by atoms with E-state index in [1.165, 1.54) is 12.7 Å². The van der Waals surface area contributed by atoms with Gasteiger partial charge in [-0.05, 0) is 19.1 Å². The van der Waals surface area contributed by atoms with Crippen LogP contribution in [0.25, 0.3) is 22.7 Å². The van der Waals surface area contributed by atoms with Crippen LogP contribution in [0.3, 0.4) is 0 Å². The van der Waals surface area contributed by atoms with Crippen LogP contribution < -0.4 is 15.0 Å². The van der Waals surface area contributed by atoms with Gasteiger partial charge in [-0.25, -0.2) is 9.67 Å². The molecule has 4 aromatic rings. The molecule has 170 valence electrons. The molecule has 1 aliphatic heterocycles. The number of carbonyl (C=O) groups excluding carboxylic acids is 1. The van der Waals surface area contributed by atoms with Gasteiger partial charge in [-0.1, -0.05) is 23.8 Å². The number of aromatic nitrogens is 5. The highest BCUT2D eigenvalue weighted by Gasteiger charge is 2.26. The van der Waals surface area contributed by atoms with E-state index in [4.69, 9.17) is 19.6 Å². The first-order valence-electron chi connectivity index (χ1n) is 10.7. The minimum absolute atomic E-state index is 0.181. The number of amides is 1. The maximum absolute atomic E-state index is 12.4. The molecule has 0 radical (unpaired) electrons. The van der Waals surface area contributed by atoms with Gasteiger partial charge in [0.1, 0.15) is 5.82 Å². The van der Waals surface area contributed by atoms with Crippen LogP contribution in [0.1, 0.15) is 16.1 Å². The number of benzene rings is 1. The fraction of sp³-hybridized carbons (Fsp3) is 0.304. The molecule has 3 aromatic heterocycles. The van der Waals surface area contributed by atoms with E-state index in [0.29, 0.717) is 43.5 Å². The molecule has 1 aliphatic rings. The molecule has 0 saturated carbocycles. The van der Waals surface area contributed by atoms with Crippen molar-refractivity contribution in [2.45, 2.75) is 6.92 Å². The monoisotopic (exact) mass is 447 g/mol. The van der Waals surface area contributed by atoms with Gasteiger partial charge in [0, 0.05) is 38.0 Å². The number of hydrogen-bond donors (Lipinski definition) is 1. The number of methoxy groups -OCH3 is 1. The zero-order valence-electron chi connectivity index (χ0n) is 18.8. The molecule has 0 aliphatic carbocycles. The van der Waals surface area contributed by atoms with Gasteiger partial charge in [0.15, 0.2) is 17.3 Å². The zero-order chi connectivity index (χ0) is 22.9. The lowest BCUT2D eigenvalue weighted by Crippen LogP contribution is -2.37. The molecule has 10 heteroatoms. The molecule has 0 unspecified atom stereocenters. The molecule has 33 heavy (non-hydrogen) atoms. The maximum atomic E-state index is 12.4. The lowest BCUT2D eigenvalue weighted by atomic mass is 10.1. The Morgan fingerprint density at radius 2 is 1.97 bits per heavy atom. The second-order valence-corrected chi connectivity index (χ2v) is 7.78. The average Bonchev–Trinajstić information content (AvgIpc) is 3.48. The summed E-state index contributed by atoms with van der Waals surface area (Å²) in [6.07, 6.45) is 1.88. The van der Waals surface area contributed by atoms with Crippen LogP contribution in [-0.4, -0.2) is 70.7 Å². The van der Waals surface area contributed by atoms with E-state index in [1.54, 1.807) is 16.2 Å². The number of morpholine rings is 1. The van der Waals surface area contributed by atoms with E-state index < -0.39 is 0 Å². The van der Waals surface area contributed by atoms with Crippen LogP contribution in [-0.2, 0) is 4.74 Å². The van der Waals surface area contributed by atoms with Gasteiger partial charge in [-0.2, -0.15) is 14.7 Å². The number of ether oxygens (including phenoxy) is 2. The van der Waals surface area contributed by atoms with Crippen molar-refractivity contribution in [3.63, 3.8) is 0 Å². The Bertz CT molecular complexity index is 1320. The molecule has 0 atom stereocenters. The lowest BCUT2D eigenvalue weighted by Gasteiger charge is -2.29. The molecular weight excluding hydrogens is 422 g/mol. The summed E-state index contributed by atoms with van der Waals surface area (Å²) in [5, 5.41) is 11.9. The van der Waals surface area contributed by atoms with Crippen LogP contribution in [0, 0.1) is 6.92 Å². The second-order valence-electron chi connectivity index (χ2n) is 7.78. The highest BCUT2D eigenvalue weighted by atomic mass is 16.5. The first kappa shape index (κ1) is 21.0. The minimum atomic E-state index is -0.340. The van der Waals surface area contributed by atoms with Crippen molar-refractivity contribution in [3.05, 3.63) is 53.9 Å². The van der Waals surface area contributed by atoms with Gasteiger partial charge in [0.2, 0.25) is 5.65 Å². The maximum Gasteiger partial charge on any atom is 0.275 e. The Hall–Kier alpha value is -3.92. The summed E-state index contributed by atoms with van der Waals surface area (Å²) in [5.74, 6) is 1.37. The fourth-order valence-corrected chi connectivity index (χ4v) is 3.97. The molecular formula is C23H25N7O3. The summed E-state index contributed by atoms with van der Waals surface area (Å²) in [6.45, 7) is 4.67. The molecule has 1 amide bonds. The lowest BCUT2D eigenvalue weighted by molar-refractivity contribution is 0.0954. The molecule has 1 aromatic carbocycles. The second kappa shape index (κ2) is 8.55. The van der Waals surface area contributed by atoms with Crippen LogP contribution in [0.4, 0.5) is 5.82 Å². The Labute approximate surface area is 190 Å². The SMILES string of the molecule is CNC(=O)c1nn2c(N3CCOCC3)cc(-n3ccc(-c4cccc(C)c4)n3)nc2c1OC. The van der Waals surface area contributed by atoms with Crippen molar-refractivity contribution < 1.29 is 14.3 Å². The standard InChI is InChI=1S/C23H25N7O3/c1-15-5-4-6-16(13-15)17-7-8-29(26-17)18-14-19(28-9-11-33-12-10-28)30-22(25-18)21(32-3)20(27-30)23(31)24-2/h4-8,13-14H,9-12H2,1-3H3,(H,24,31). The average molecular weight is 447 g/mol. The predicted octanol–water partition coefficient (Wildman–Crippen LogP) is 2.10. The molecule has 4 heterocycles. The van der Waals surface area contributed by atoms with Gasteiger partial charge < -0.3 is 19.7 Å². The number of hydrogen-bond acceptors (Lipinski definition) is 7. The highest BCUT2D eigenvalue weighted by Crippen LogP contribution is 2.30. The molecule has 1 fully saturated rings. The summed E-state index contributed by atoms with van der Waals surface area (Å²) >= 11 is 0. The van der Waals surface area contributed by atoms with Crippen LogP contribution in [0.5, 0.6) is 5.75 Å². The van der Waals surface area contributed by atoms with Gasteiger partial charge in [-0.3, -0.25) is 4.79 Å². The molecule has 0 bridgehead atoms. The Kier molecular flexibility index (Phi) is 5.43. The van der Waals surface area contributed by atoms with E-state index in [9.17, 15) is 4.79 Å². The van der Waals surface area contributed by atoms with E-state index in [1.807, 2.05) is 30.5 Å². The normalized spacial score (nSPS) is 14.0. The van der Waals surface area contributed by atoms with Gasteiger partial charge >= 0.3 is 0 Å². The van der Waals surface area contributed by atoms with E-state index in [-0.39, 0.29) is 11.6 Å². The van der Waals surface area contributed by atoms with Gasteiger partial charge in [-0.15, -0.1) is 0 Å². The summed E-state index contributed by atoms with van der Waals surface area (Å²) in [4.78, 5) is 19.4. The van der Waals surface area contributed by atoms with E-state index in [2.05, 4.69) is 34.4 Å². The first-order chi connectivity index (χ1) is 16.1. The Balaban J connectivity index is 1.67. The summed E-state index contributed by atoms with van der Waals surface area (Å²) in [7, 11) is 3.07. The van der Waals surface area contributed by atoms with Crippen LogP contribution in [0.15, 0.2) is 42.6 Å². The molecule has 1 saturated heterocycles. The third-order valence-electron chi connectivity index (χ3n) is 5.63. The number of nitrogens with one attached hydrogen (secondary N) is 1. The topological polar surface area (TPSA) is 98.8 Å². The van der Waals surface area contributed by atoms with Crippen molar-refractivity contribution in [2.24, 2.45) is 0 Å². The summed E-state index contributed by atoms with van der Waals surface area (Å²) in [5.41, 5.74) is 3.68. The third kappa shape index (κ3) is 3.78. The highest BCUT2D eigenvalue weighted by molar-refractivity contribution is 5.97. The van der Waals surface area contributed by atoms with Gasteiger partial charge in [0.05, 0.1) is 26.0 Å². The minimum Gasteiger partial charge on any atom is -0.491 e. The third-order valence-corrected chi connectivity index (χ3v) is 5.63. The van der Waals surface area contributed by atoms with Crippen LogP contribution in [0.2, 0.25) is 0 Å². The first-order valence-corrected chi connectivity index (χ1v) is 10.7. The van der Waals surface area contributed by atoms with E-state index >= 15 is 0 Å². The number of nitrogens with zero attached hydrogens (tertiary/aromatic N) is 6. The van der Waals surface area contributed by atoms with Crippen molar-refractivity contribution in [3.8, 4) is 22.8 Å². The molecule has 1 N–H and O–H groups in total. The van der Waals surface area contributed by atoms with Gasteiger partial charge in [0.25, 0.3) is 5.91 Å². The number of anilines is 1. The molecule has 10 nitrogen and oxygen atoms in total. The van der Waals surface area contributed by atoms with Crippen LogP contribution >= 0.6 is 0 Å². The Morgan fingerprint density at radius 3 is 2.70 bits per heavy atom. The quantitative estimate of drug-likeness (QED) is 0.500. The fourth-order valence-electron chi connectivity index (χ4n) is 3.97. The number of aryl methyl sites for hydroxylation is 1.